The van der Waals surface area contributed by atoms with Crippen molar-refractivity contribution in [1.29, 1.82) is 0 Å². The number of nitrogens with zero attached hydrogens (tertiary/aromatic N) is 1. The number of aliphatic carboxylic acids is 1. The standard InChI is InChI=1S/C18H19NO4/c1-11-3-5-12(6-4-11)9-19-10-18-8-7-17(2,23-18)14(16(21)22)13(18)15(19)20/h3-8,13-14H,9-10H2,1-2H3,(H,21,22)/t13-,14+,17-,18-/m1/s1. The number of benzene rings is 1. The highest BCUT2D eigenvalue weighted by Crippen LogP contribution is 2.57. The smallest absolute Gasteiger partial charge is 0.310 e. The predicted octanol–water partition coefficient (Wildman–Crippen LogP) is 1.75. The van der Waals surface area contributed by atoms with Crippen molar-refractivity contribution in [3.63, 3.8) is 0 Å². The van der Waals surface area contributed by atoms with Crippen molar-refractivity contribution in [3.8, 4) is 0 Å². The van der Waals surface area contributed by atoms with Crippen LogP contribution in [0.15, 0.2) is 36.4 Å². The fraction of sp³-hybridized carbons (Fsp3) is 0.444. The molecule has 4 atom stereocenters. The zero-order valence-electron chi connectivity index (χ0n) is 13.2. The van der Waals surface area contributed by atoms with Crippen LogP contribution in [0.3, 0.4) is 0 Å². The monoisotopic (exact) mass is 313 g/mol. The average molecular weight is 313 g/mol. The number of amides is 1. The Kier molecular flexibility index (Phi) is 2.79. The Morgan fingerprint density at radius 3 is 2.70 bits per heavy atom. The third kappa shape index (κ3) is 1.89. The Bertz CT molecular complexity index is 725. The van der Waals surface area contributed by atoms with E-state index < -0.39 is 29.0 Å². The maximum absolute atomic E-state index is 12.8. The van der Waals surface area contributed by atoms with Gasteiger partial charge in [-0.05, 0) is 19.4 Å². The highest BCUT2D eigenvalue weighted by atomic mass is 16.5. The Hall–Kier alpha value is -2.14. The molecule has 1 spiro atoms. The highest BCUT2D eigenvalue weighted by Gasteiger charge is 2.71. The molecule has 1 aromatic carbocycles. The van der Waals surface area contributed by atoms with E-state index >= 15 is 0 Å². The largest absolute Gasteiger partial charge is 0.481 e. The Morgan fingerprint density at radius 1 is 1.35 bits per heavy atom. The van der Waals surface area contributed by atoms with Crippen LogP contribution in [0, 0.1) is 18.8 Å². The summed E-state index contributed by atoms with van der Waals surface area (Å²) in [5.74, 6) is -2.52. The van der Waals surface area contributed by atoms with E-state index in [1.54, 1.807) is 11.8 Å². The number of ether oxygens (including phenoxy) is 1. The topological polar surface area (TPSA) is 66.8 Å². The molecule has 23 heavy (non-hydrogen) atoms. The first-order valence-electron chi connectivity index (χ1n) is 7.82. The minimum absolute atomic E-state index is 0.119. The summed E-state index contributed by atoms with van der Waals surface area (Å²) in [6.07, 6.45) is 3.70. The van der Waals surface area contributed by atoms with Crippen LogP contribution in [0.4, 0.5) is 0 Å². The second-order valence-corrected chi connectivity index (χ2v) is 7.05. The van der Waals surface area contributed by atoms with Gasteiger partial charge in [0, 0.05) is 6.54 Å². The van der Waals surface area contributed by atoms with Gasteiger partial charge in [-0.3, -0.25) is 9.59 Å². The Labute approximate surface area is 134 Å². The lowest BCUT2D eigenvalue weighted by Crippen LogP contribution is -2.43. The van der Waals surface area contributed by atoms with E-state index in [1.807, 2.05) is 43.3 Å². The maximum Gasteiger partial charge on any atom is 0.310 e. The molecular formula is C18H19NO4. The second-order valence-electron chi connectivity index (χ2n) is 7.05. The average Bonchev–Trinajstić information content (AvgIpc) is 3.04. The molecule has 1 amide bonds. The molecule has 2 bridgehead atoms. The number of likely N-dealkylation sites (tertiary alicyclic amines) is 1. The third-order valence-corrected chi connectivity index (χ3v) is 5.36. The molecule has 5 heteroatoms. The minimum atomic E-state index is -0.964. The van der Waals surface area contributed by atoms with Gasteiger partial charge in [-0.1, -0.05) is 42.0 Å². The lowest BCUT2D eigenvalue weighted by molar-refractivity contribution is -0.151. The summed E-state index contributed by atoms with van der Waals surface area (Å²) in [6.45, 7) is 4.68. The molecule has 0 radical (unpaired) electrons. The lowest BCUT2D eigenvalue weighted by atomic mass is 9.72. The summed E-state index contributed by atoms with van der Waals surface area (Å²) in [6, 6.07) is 8.02. The van der Waals surface area contributed by atoms with Crippen LogP contribution in [-0.4, -0.2) is 39.6 Å². The molecule has 1 aromatic rings. The van der Waals surface area contributed by atoms with E-state index in [1.165, 1.54) is 5.56 Å². The Morgan fingerprint density at radius 2 is 2.04 bits per heavy atom. The zero-order valence-corrected chi connectivity index (χ0v) is 13.2. The fourth-order valence-corrected chi connectivity index (χ4v) is 4.27. The molecule has 0 aromatic heterocycles. The molecule has 3 aliphatic heterocycles. The van der Waals surface area contributed by atoms with E-state index in [0.717, 1.165) is 5.56 Å². The van der Waals surface area contributed by atoms with Crippen LogP contribution in [0.25, 0.3) is 0 Å². The van der Waals surface area contributed by atoms with E-state index in [0.29, 0.717) is 13.1 Å². The molecule has 2 fully saturated rings. The predicted molar refractivity (Wildman–Crippen MR) is 82.6 cm³/mol. The van der Waals surface area contributed by atoms with Gasteiger partial charge < -0.3 is 14.7 Å². The van der Waals surface area contributed by atoms with E-state index in [2.05, 4.69) is 0 Å². The van der Waals surface area contributed by atoms with Gasteiger partial charge in [0.2, 0.25) is 5.91 Å². The summed E-state index contributed by atoms with van der Waals surface area (Å²) in [7, 11) is 0. The zero-order chi connectivity index (χ0) is 16.4. The maximum atomic E-state index is 12.8. The molecule has 1 N–H and O–H groups in total. The number of carboxylic acids is 1. The van der Waals surface area contributed by atoms with Gasteiger partial charge in [-0.15, -0.1) is 0 Å². The van der Waals surface area contributed by atoms with Crippen LogP contribution >= 0.6 is 0 Å². The van der Waals surface area contributed by atoms with Crippen molar-refractivity contribution >= 4 is 11.9 Å². The lowest BCUT2D eigenvalue weighted by Gasteiger charge is -2.27. The van der Waals surface area contributed by atoms with Crippen molar-refractivity contribution < 1.29 is 19.4 Å². The molecule has 0 aliphatic carbocycles. The van der Waals surface area contributed by atoms with Crippen molar-refractivity contribution in [2.75, 3.05) is 6.54 Å². The summed E-state index contributed by atoms with van der Waals surface area (Å²) >= 11 is 0. The molecule has 0 unspecified atom stereocenters. The number of fused-ring (bicyclic) bond motifs is 1. The van der Waals surface area contributed by atoms with E-state index in [-0.39, 0.29) is 5.91 Å². The summed E-state index contributed by atoms with van der Waals surface area (Å²) in [5.41, 5.74) is 0.555. The molecular weight excluding hydrogens is 294 g/mol. The first-order valence-corrected chi connectivity index (χ1v) is 7.82. The first kappa shape index (κ1) is 14.5. The number of rotatable bonds is 3. The quantitative estimate of drug-likeness (QED) is 0.863. The van der Waals surface area contributed by atoms with E-state index in [9.17, 15) is 14.7 Å². The molecule has 0 saturated carbocycles. The highest BCUT2D eigenvalue weighted by molar-refractivity contribution is 5.91. The first-order chi connectivity index (χ1) is 10.8. The normalized spacial score (nSPS) is 37.5. The van der Waals surface area contributed by atoms with Crippen LogP contribution in [0.5, 0.6) is 0 Å². The SMILES string of the molecule is Cc1ccc(CN2C[C@@]34C=C[C@@](C)(O3)[C@H](C(=O)O)[C@@H]4C2=O)cc1. The number of carboxylic acid groups (broad SMARTS) is 1. The van der Waals surface area contributed by atoms with Crippen LogP contribution < -0.4 is 0 Å². The van der Waals surface area contributed by atoms with Gasteiger partial charge in [-0.25, -0.2) is 0 Å². The number of hydrogen-bond donors (Lipinski definition) is 1. The van der Waals surface area contributed by atoms with Crippen LogP contribution in [-0.2, 0) is 20.9 Å². The molecule has 3 aliphatic rings. The molecule has 3 heterocycles. The molecule has 4 rings (SSSR count). The summed E-state index contributed by atoms with van der Waals surface area (Å²) < 4.78 is 6.05. The van der Waals surface area contributed by atoms with Gasteiger partial charge in [0.25, 0.3) is 0 Å². The van der Waals surface area contributed by atoms with Crippen LogP contribution in [0.1, 0.15) is 18.1 Å². The van der Waals surface area contributed by atoms with Crippen molar-refractivity contribution in [2.24, 2.45) is 11.8 Å². The van der Waals surface area contributed by atoms with E-state index in [4.69, 9.17) is 4.74 Å². The number of aryl methyl sites for hydroxylation is 1. The number of carbonyl (C=O) groups is 2. The van der Waals surface area contributed by atoms with Gasteiger partial charge in [0.1, 0.15) is 11.5 Å². The molecule has 5 nitrogen and oxygen atoms in total. The van der Waals surface area contributed by atoms with Crippen molar-refractivity contribution in [3.05, 3.63) is 47.5 Å². The third-order valence-electron chi connectivity index (χ3n) is 5.36. The Balaban J connectivity index is 1.64. The van der Waals surface area contributed by atoms with Crippen molar-refractivity contribution in [2.45, 2.75) is 31.6 Å². The number of carbonyl (C=O) groups excluding carboxylic acids is 1. The van der Waals surface area contributed by atoms with Crippen LogP contribution in [0.2, 0.25) is 0 Å². The second kappa shape index (κ2) is 4.45. The van der Waals surface area contributed by atoms with Gasteiger partial charge in [0.15, 0.2) is 0 Å². The molecule has 120 valence electrons. The summed E-state index contributed by atoms with van der Waals surface area (Å²) in [5, 5.41) is 9.58. The fourth-order valence-electron chi connectivity index (χ4n) is 4.27. The van der Waals surface area contributed by atoms with Gasteiger partial charge in [-0.2, -0.15) is 0 Å². The van der Waals surface area contributed by atoms with Crippen molar-refractivity contribution in [1.82, 2.24) is 4.90 Å². The van der Waals surface area contributed by atoms with Gasteiger partial charge in [0.05, 0.1) is 18.1 Å². The summed E-state index contributed by atoms with van der Waals surface area (Å²) in [4.78, 5) is 26.3. The van der Waals surface area contributed by atoms with Gasteiger partial charge >= 0.3 is 5.97 Å². The minimum Gasteiger partial charge on any atom is -0.481 e. The number of hydrogen-bond acceptors (Lipinski definition) is 3. The molecule has 2 saturated heterocycles.